The zero-order valence-corrected chi connectivity index (χ0v) is 14.0. The van der Waals surface area contributed by atoms with Crippen LogP contribution in [0.3, 0.4) is 0 Å². The van der Waals surface area contributed by atoms with Gasteiger partial charge in [0.05, 0.1) is 5.69 Å². The summed E-state index contributed by atoms with van der Waals surface area (Å²) in [7, 11) is 1.70. The molecule has 0 aliphatic heterocycles. The minimum absolute atomic E-state index is 0.0105. The highest BCUT2D eigenvalue weighted by Crippen LogP contribution is 2.34. The number of anilines is 2. The molecule has 3 N–H and O–H groups in total. The minimum atomic E-state index is -0.486. The van der Waals surface area contributed by atoms with Crippen LogP contribution in [-0.2, 0) is 7.05 Å². The van der Waals surface area contributed by atoms with Gasteiger partial charge in [-0.05, 0) is 25.0 Å². The largest absolute Gasteiger partial charge is 0.444 e. The molecule has 0 radical (unpaired) electrons. The number of aromatic nitrogens is 4. The molecule has 0 unspecified atom stereocenters. The van der Waals surface area contributed by atoms with E-state index in [1.54, 1.807) is 25.4 Å². The molecule has 9 heteroatoms. The zero-order valence-electron chi connectivity index (χ0n) is 14.0. The van der Waals surface area contributed by atoms with Gasteiger partial charge in [-0.1, -0.05) is 0 Å². The van der Waals surface area contributed by atoms with Gasteiger partial charge < -0.3 is 15.5 Å². The first kappa shape index (κ1) is 16.0. The van der Waals surface area contributed by atoms with Crippen molar-refractivity contribution in [1.29, 1.82) is 0 Å². The molecule has 4 rings (SSSR count). The summed E-state index contributed by atoms with van der Waals surface area (Å²) in [5.41, 5.74) is 6.98. The molecule has 132 valence electrons. The number of nitrogens with two attached hydrogens (primary N) is 1. The fraction of sp³-hybridized carbons (Fsp3) is 0.235. The Morgan fingerprint density at radius 2 is 2.19 bits per heavy atom. The van der Waals surface area contributed by atoms with Crippen molar-refractivity contribution in [2.75, 3.05) is 11.1 Å². The Hall–Kier alpha value is -3.49. The van der Waals surface area contributed by atoms with Crippen molar-refractivity contribution in [3.8, 4) is 11.5 Å². The van der Waals surface area contributed by atoms with Crippen LogP contribution in [0.15, 0.2) is 35.2 Å². The van der Waals surface area contributed by atoms with E-state index in [-0.39, 0.29) is 29.0 Å². The maximum absolute atomic E-state index is 12.5. The highest BCUT2D eigenvalue weighted by Gasteiger charge is 2.34. The number of ketones is 1. The Morgan fingerprint density at radius 3 is 2.92 bits per heavy atom. The van der Waals surface area contributed by atoms with Crippen molar-refractivity contribution in [3.63, 3.8) is 0 Å². The number of oxazole rings is 1. The van der Waals surface area contributed by atoms with Crippen LogP contribution in [0.2, 0.25) is 0 Å². The van der Waals surface area contributed by atoms with Crippen LogP contribution >= 0.6 is 0 Å². The summed E-state index contributed by atoms with van der Waals surface area (Å²) in [6.45, 7) is 0. The molecule has 26 heavy (non-hydrogen) atoms. The van der Waals surface area contributed by atoms with Crippen LogP contribution in [0.5, 0.6) is 0 Å². The summed E-state index contributed by atoms with van der Waals surface area (Å²) in [6.07, 6.45) is 6.10. The summed E-state index contributed by atoms with van der Waals surface area (Å²) < 4.78 is 6.85. The number of nitrogens with zero attached hydrogens (tertiary/aromatic N) is 4. The molecule has 9 nitrogen and oxygen atoms in total. The molecule has 1 aliphatic rings. The summed E-state index contributed by atoms with van der Waals surface area (Å²) in [4.78, 5) is 32.8. The van der Waals surface area contributed by atoms with Gasteiger partial charge in [0.25, 0.3) is 5.91 Å². The predicted molar refractivity (Wildman–Crippen MR) is 92.4 cm³/mol. The molecule has 0 saturated heterocycles. The van der Waals surface area contributed by atoms with Crippen LogP contribution < -0.4 is 11.1 Å². The maximum atomic E-state index is 12.5. The minimum Gasteiger partial charge on any atom is -0.444 e. The van der Waals surface area contributed by atoms with Crippen LogP contribution in [0, 0.1) is 5.92 Å². The number of nitrogens with one attached hydrogen (secondary N) is 1. The second kappa shape index (κ2) is 6.10. The number of carbonyl (C=O) groups excluding carboxylic acids is 2. The van der Waals surface area contributed by atoms with Crippen LogP contribution in [0.1, 0.15) is 33.8 Å². The van der Waals surface area contributed by atoms with Gasteiger partial charge in [0.15, 0.2) is 17.2 Å². The number of pyridine rings is 1. The van der Waals surface area contributed by atoms with Crippen LogP contribution in [-0.4, -0.2) is 31.4 Å². The molecule has 1 aliphatic carbocycles. The number of rotatable bonds is 5. The molecule has 1 amide bonds. The van der Waals surface area contributed by atoms with Crippen molar-refractivity contribution in [2.24, 2.45) is 13.0 Å². The Balaban J connectivity index is 1.55. The summed E-state index contributed by atoms with van der Waals surface area (Å²) in [5, 5.41) is 6.85. The molecular weight excluding hydrogens is 336 g/mol. The van der Waals surface area contributed by atoms with Crippen molar-refractivity contribution < 1.29 is 14.0 Å². The lowest BCUT2D eigenvalue weighted by atomic mass is 10.2. The van der Waals surface area contributed by atoms with E-state index in [0.717, 1.165) is 12.8 Å². The lowest BCUT2D eigenvalue weighted by molar-refractivity contribution is 0.0963. The zero-order chi connectivity index (χ0) is 18.3. The standard InChI is InChI=1S/C17H16N6O3/c1-23-7-11(14(22-23)15(24)9-2-3-9)20-16(25)12-8-26-17(21-12)10-4-5-19-13(18)6-10/h4-9H,2-3H2,1H3,(H2,18,19)(H,20,25). The highest BCUT2D eigenvalue weighted by atomic mass is 16.3. The highest BCUT2D eigenvalue weighted by molar-refractivity contribution is 6.08. The topological polar surface area (TPSA) is 129 Å². The SMILES string of the molecule is Cn1cc(NC(=O)c2coc(-c3ccnc(N)c3)n2)c(C(=O)C2CC2)n1. The summed E-state index contributed by atoms with van der Waals surface area (Å²) >= 11 is 0. The first-order chi connectivity index (χ1) is 12.5. The fourth-order valence-electron chi connectivity index (χ4n) is 2.58. The smallest absolute Gasteiger partial charge is 0.277 e. The Morgan fingerprint density at radius 1 is 1.38 bits per heavy atom. The lowest BCUT2D eigenvalue weighted by Crippen LogP contribution is -2.15. The average Bonchev–Trinajstić information content (AvgIpc) is 3.22. The van der Waals surface area contributed by atoms with Gasteiger partial charge in [-0.25, -0.2) is 9.97 Å². The van der Waals surface area contributed by atoms with Gasteiger partial charge in [-0.15, -0.1) is 0 Å². The van der Waals surface area contributed by atoms with Crippen LogP contribution in [0.4, 0.5) is 11.5 Å². The van der Waals surface area contributed by atoms with E-state index in [1.807, 2.05) is 0 Å². The van der Waals surface area contributed by atoms with Gasteiger partial charge in [0.1, 0.15) is 12.1 Å². The second-order valence-corrected chi connectivity index (χ2v) is 6.16. The molecule has 0 aromatic carbocycles. The van der Waals surface area contributed by atoms with E-state index < -0.39 is 5.91 Å². The maximum Gasteiger partial charge on any atom is 0.277 e. The van der Waals surface area contributed by atoms with Gasteiger partial charge in [-0.2, -0.15) is 5.10 Å². The number of nitrogen functional groups attached to an aromatic ring is 1. The van der Waals surface area contributed by atoms with E-state index in [4.69, 9.17) is 10.2 Å². The predicted octanol–water partition coefficient (Wildman–Crippen LogP) is 1.90. The van der Waals surface area contributed by atoms with Crippen molar-refractivity contribution in [1.82, 2.24) is 19.7 Å². The fourth-order valence-corrected chi connectivity index (χ4v) is 2.58. The van der Waals surface area contributed by atoms with Crippen molar-refractivity contribution >= 4 is 23.2 Å². The molecule has 0 spiro atoms. The van der Waals surface area contributed by atoms with Gasteiger partial charge >= 0.3 is 0 Å². The van der Waals surface area contributed by atoms with Crippen molar-refractivity contribution in [3.05, 3.63) is 42.2 Å². The molecule has 1 saturated carbocycles. The quantitative estimate of drug-likeness (QED) is 0.671. The van der Waals surface area contributed by atoms with Gasteiger partial charge in [0, 0.05) is 30.9 Å². The number of hydrogen-bond acceptors (Lipinski definition) is 7. The van der Waals surface area contributed by atoms with E-state index in [1.165, 1.54) is 17.1 Å². The number of Topliss-reactive ketones (excluding diaryl/α,β-unsaturated/α-hetero) is 1. The van der Waals surface area contributed by atoms with Crippen LogP contribution in [0.25, 0.3) is 11.5 Å². The normalized spacial score (nSPS) is 13.6. The average molecular weight is 352 g/mol. The van der Waals surface area contributed by atoms with E-state index in [2.05, 4.69) is 20.4 Å². The first-order valence-corrected chi connectivity index (χ1v) is 8.08. The molecule has 3 heterocycles. The van der Waals surface area contributed by atoms with Crippen molar-refractivity contribution in [2.45, 2.75) is 12.8 Å². The number of hydrogen-bond donors (Lipinski definition) is 2. The van der Waals surface area contributed by atoms with Gasteiger partial charge in [0.2, 0.25) is 5.89 Å². The van der Waals surface area contributed by atoms with Gasteiger partial charge in [-0.3, -0.25) is 14.3 Å². The Kier molecular flexibility index (Phi) is 3.76. The third-order valence-corrected chi connectivity index (χ3v) is 4.02. The Labute approximate surface area is 148 Å². The third kappa shape index (κ3) is 3.06. The lowest BCUT2D eigenvalue weighted by Gasteiger charge is -2.02. The first-order valence-electron chi connectivity index (χ1n) is 8.08. The molecule has 3 aromatic heterocycles. The molecule has 3 aromatic rings. The molecule has 1 fully saturated rings. The molecule has 0 bridgehead atoms. The molecular formula is C17H16N6O3. The van der Waals surface area contributed by atoms with E-state index >= 15 is 0 Å². The third-order valence-electron chi connectivity index (χ3n) is 4.02. The van der Waals surface area contributed by atoms with E-state index in [0.29, 0.717) is 17.1 Å². The summed E-state index contributed by atoms with van der Waals surface area (Å²) in [6, 6.07) is 3.28. The summed E-state index contributed by atoms with van der Waals surface area (Å²) in [5.74, 6) is 0.0558. The molecule has 0 atom stereocenters. The monoisotopic (exact) mass is 352 g/mol. The number of amides is 1. The second-order valence-electron chi connectivity index (χ2n) is 6.16. The van der Waals surface area contributed by atoms with E-state index in [9.17, 15) is 9.59 Å². The number of aryl methyl sites for hydroxylation is 1. The Bertz CT molecular complexity index is 1000. The number of carbonyl (C=O) groups is 2.